The predicted octanol–water partition coefficient (Wildman–Crippen LogP) is 3.90. The van der Waals surface area contributed by atoms with Crippen molar-refractivity contribution in [3.63, 3.8) is 0 Å². The first-order chi connectivity index (χ1) is 9.90. The van der Waals surface area contributed by atoms with Crippen LogP contribution >= 0.6 is 35.0 Å². The van der Waals surface area contributed by atoms with E-state index in [4.69, 9.17) is 23.2 Å². The molecule has 1 atom stereocenters. The van der Waals surface area contributed by atoms with E-state index in [2.05, 4.69) is 6.92 Å². The number of sulfonamides is 1. The molecule has 0 radical (unpaired) electrons. The maximum Gasteiger partial charge on any atom is 0.243 e. The summed E-state index contributed by atoms with van der Waals surface area (Å²) in [5.41, 5.74) is 1.46. The minimum atomic E-state index is -3.51. The Kier molecular flexibility index (Phi) is 5.88. The zero-order valence-corrected chi connectivity index (χ0v) is 15.2. The fourth-order valence-electron chi connectivity index (χ4n) is 2.41. The van der Waals surface area contributed by atoms with Crippen molar-refractivity contribution in [3.8, 4) is 0 Å². The molecule has 3 nitrogen and oxygen atoms in total. The zero-order chi connectivity index (χ0) is 15.6. The second-order valence-electron chi connectivity index (χ2n) is 5.09. The molecule has 0 saturated carbocycles. The normalized spacial score (nSPS) is 20.7. The molecule has 0 aromatic heterocycles. The van der Waals surface area contributed by atoms with E-state index in [9.17, 15) is 8.42 Å². The highest BCUT2D eigenvalue weighted by molar-refractivity contribution is 8.00. The monoisotopic (exact) mass is 367 g/mol. The topological polar surface area (TPSA) is 37.4 Å². The van der Waals surface area contributed by atoms with Crippen molar-refractivity contribution in [2.45, 2.75) is 36.3 Å². The van der Waals surface area contributed by atoms with Gasteiger partial charge in [-0.1, -0.05) is 18.5 Å². The number of thioether (sulfide) groups is 1. The average molecular weight is 368 g/mol. The van der Waals surface area contributed by atoms with E-state index in [1.807, 2.05) is 11.8 Å². The summed E-state index contributed by atoms with van der Waals surface area (Å²) in [4.78, 5) is 0.285. The first-order valence-corrected chi connectivity index (χ1v) is 10.3. The van der Waals surface area contributed by atoms with Crippen LogP contribution in [0.15, 0.2) is 17.0 Å². The summed E-state index contributed by atoms with van der Waals surface area (Å²) in [5.74, 6) is 1.09. The standard InChI is InChI=1S/C14H19Cl2NO2S2/c1-3-13-9-17(4-5-20-13)21(18,19)14-7-12(16)6-11(8-15)10(14)2/h6-7,13H,3-5,8-9H2,1-2H3. The van der Waals surface area contributed by atoms with Crippen LogP contribution in [0.1, 0.15) is 24.5 Å². The molecule has 0 N–H and O–H groups in total. The number of rotatable bonds is 4. The van der Waals surface area contributed by atoms with Crippen molar-refractivity contribution < 1.29 is 8.42 Å². The van der Waals surface area contributed by atoms with E-state index >= 15 is 0 Å². The molecule has 1 aliphatic rings. The Labute approximate surface area is 141 Å². The Bertz CT molecular complexity index is 620. The Morgan fingerprint density at radius 3 is 2.76 bits per heavy atom. The van der Waals surface area contributed by atoms with Crippen LogP contribution in [0, 0.1) is 6.92 Å². The van der Waals surface area contributed by atoms with Gasteiger partial charge in [0.2, 0.25) is 10.0 Å². The van der Waals surface area contributed by atoms with E-state index in [0.29, 0.717) is 28.9 Å². The average Bonchev–Trinajstić information content (AvgIpc) is 2.49. The fraction of sp³-hybridized carbons (Fsp3) is 0.571. The molecule has 1 heterocycles. The van der Waals surface area contributed by atoms with Gasteiger partial charge in [0.25, 0.3) is 0 Å². The first-order valence-electron chi connectivity index (χ1n) is 6.86. The lowest BCUT2D eigenvalue weighted by atomic mass is 10.1. The third kappa shape index (κ3) is 3.70. The van der Waals surface area contributed by atoms with E-state index in [0.717, 1.165) is 17.7 Å². The van der Waals surface area contributed by atoms with Gasteiger partial charge in [0, 0.05) is 35.0 Å². The smallest absolute Gasteiger partial charge is 0.207 e. The number of nitrogens with zero attached hydrogens (tertiary/aromatic N) is 1. The quantitative estimate of drug-likeness (QED) is 0.757. The molecular formula is C14H19Cl2NO2S2. The van der Waals surface area contributed by atoms with Gasteiger partial charge < -0.3 is 0 Å². The zero-order valence-electron chi connectivity index (χ0n) is 12.1. The fourth-order valence-corrected chi connectivity index (χ4v) is 6.16. The molecular weight excluding hydrogens is 349 g/mol. The highest BCUT2D eigenvalue weighted by atomic mass is 35.5. The van der Waals surface area contributed by atoms with Gasteiger partial charge in [-0.05, 0) is 36.6 Å². The van der Waals surface area contributed by atoms with Crippen molar-refractivity contribution in [1.29, 1.82) is 0 Å². The molecule has 1 aromatic rings. The van der Waals surface area contributed by atoms with E-state index < -0.39 is 10.0 Å². The highest BCUT2D eigenvalue weighted by Gasteiger charge is 2.31. The summed E-state index contributed by atoms with van der Waals surface area (Å²) in [6.45, 7) is 4.98. The molecule has 2 rings (SSSR count). The van der Waals surface area contributed by atoms with Crippen molar-refractivity contribution >= 4 is 45.0 Å². The van der Waals surface area contributed by atoms with Gasteiger partial charge in [-0.25, -0.2) is 8.42 Å². The lowest BCUT2D eigenvalue weighted by molar-refractivity contribution is 0.415. The summed E-state index contributed by atoms with van der Waals surface area (Å²) in [6, 6.07) is 3.26. The second kappa shape index (κ2) is 7.09. The van der Waals surface area contributed by atoms with Gasteiger partial charge >= 0.3 is 0 Å². The SMILES string of the molecule is CCC1CN(S(=O)(=O)c2cc(Cl)cc(CCl)c2C)CCS1. The molecule has 0 spiro atoms. The van der Waals surface area contributed by atoms with Crippen molar-refractivity contribution in [1.82, 2.24) is 4.31 Å². The second-order valence-corrected chi connectivity index (χ2v) is 9.10. The molecule has 0 amide bonds. The largest absolute Gasteiger partial charge is 0.243 e. The lowest BCUT2D eigenvalue weighted by Crippen LogP contribution is -2.41. The van der Waals surface area contributed by atoms with Crippen LogP contribution in [0.3, 0.4) is 0 Å². The Balaban J connectivity index is 2.42. The van der Waals surface area contributed by atoms with Crippen molar-refractivity contribution in [3.05, 3.63) is 28.3 Å². The van der Waals surface area contributed by atoms with Crippen molar-refractivity contribution in [2.75, 3.05) is 18.8 Å². The maximum absolute atomic E-state index is 12.9. The minimum Gasteiger partial charge on any atom is -0.207 e. The number of hydrogen-bond acceptors (Lipinski definition) is 3. The molecule has 118 valence electrons. The van der Waals surface area contributed by atoms with Gasteiger partial charge in [0.05, 0.1) is 4.90 Å². The minimum absolute atomic E-state index is 0.252. The Morgan fingerprint density at radius 1 is 1.43 bits per heavy atom. The summed E-state index contributed by atoms with van der Waals surface area (Å²) in [5, 5.41) is 0.772. The van der Waals surface area contributed by atoms with E-state index in [1.54, 1.807) is 17.3 Å². The molecule has 1 unspecified atom stereocenters. The van der Waals surface area contributed by atoms with Crippen LogP contribution in [0.5, 0.6) is 0 Å². The summed E-state index contributed by atoms with van der Waals surface area (Å²) >= 11 is 13.8. The number of hydrogen-bond donors (Lipinski definition) is 0. The van der Waals surface area contributed by atoms with Gasteiger partial charge in [-0.15, -0.1) is 11.6 Å². The van der Waals surface area contributed by atoms with Gasteiger partial charge in [-0.3, -0.25) is 0 Å². The van der Waals surface area contributed by atoms with E-state index in [1.165, 1.54) is 6.07 Å². The van der Waals surface area contributed by atoms with Crippen molar-refractivity contribution in [2.24, 2.45) is 0 Å². The van der Waals surface area contributed by atoms with Crippen LogP contribution in [0.4, 0.5) is 0 Å². The van der Waals surface area contributed by atoms with Crippen LogP contribution in [0.2, 0.25) is 5.02 Å². The highest BCUT2D eigenvalue weighted by Crippen LogP contribution is 2.31. The lowest BCUT2D eigenvalue weighted by Gasteiger charge is -2.31. The van der Waals surface area contributed by atoms with Gasteiger partial charge in [-0.2, -0.15) is 16.1 Å². The number of alkyl halides is 1. The summed E-state index contributed by atoms with van der Waals surface area (Å²) < 4.78 is 27.4. The Morgan fingerprint density at radius 2 is 2.14 bits per heavy atom. The van der Waals surface area contributed by atoms with Crippen LogP contribution in [-0.4, -0.2) is 36.8 Å². The number of halogens is 2. The van der Waals surface area contributed by atoms with Gasteiger partial charge in [0.15, 0.2) is 0 Å². The maximum atomic E-state index is 12.9. The molecule has 1 fully saturated rings. The number of benzene rings is 1. The molecule has 0 aliphatic carbocycles. The third-order valence-electron chi connectivity index (χ3n) is 3.75. The first kappa shape index (κ1) is 17.4. The predicted molar refractivity (Wildman–Crippen MR) is 91.0 cm³/mol. The van der Waals surface area contributed by atoms with Crippen LogP contribution in [-0.2, 0) is 15.9 Å². The van der Waals surface area contributed by atoms with Gasteiger partial charge in [0.1, 0.15) is 0 Å². The summed E-state index contributed by atoms with van der Waals surface area (Å²) in [7, 11) is -3.51. The third-order valence-corrected chi connectivity index (χ3v) is 7.62. The van der Waals surface area contributed by atoms with Crippen LogP contribution < -0.4 is 0 Å². The van der Waals surface area contributed by atoms with E-state index in [-0.39, 0.29) is 10.8 Å². The van der Waals surface area contributed by atoms with Crippen LogP contribution in [0.25, 0.3) is 0 Å². The molecule has 1 aliphatic heterocycles. The molecule has 1 saturated heterocycles. The molecule has 1 aromatic carbocycles. The molecule has 21 heavy (non-hydrogen) atoms. The summed E-state index contributed by atoms with van der Waals surface area (Å²) in [6.07, 6.45) is 0.970. The Hall–Kier alpha value is 0.0600. The molecule has 0 bridgehead atoms. The molecule has 7 heteroatoms.